The summed E-state index contributed by atoms with van der Waals surface area (Å²) in [4.78, 5) is 37.9. The molecule has 4 aliphatic rings. The van der Waals surface area contributed by atoms with Gasteiger partial charge in [-0.2, -0.15) is 0 Å². The van der Waals surface area contributed by atoms with Crippen LogP contribution in [-0.4, -0.2) is 60.9 Å². The van der Waals surface area contributed by atoms with Gasteiger partial charge in [-0.15, -0.1) is 0 Å². The number of phenolic OH excluding ortho intramolecular Hbond substituents is 1. The number of phenols is 1. The zero-order chi connectivity index (χ0) is 27.1. The van der Waals surface area contributed by atoms with E-state index in [-0.39, 0.29) is 53.4 Å². The number of ether oxygens (including phenoxy) is 1. The number of aliphatic hydroxyl groups is 1. The topological polar surface area (TPSA) is 145 Å². The lowest BCUT2D eigenvalue weighted by Crippen LogP contribution is -2.66. The number of nitrogens with zero attached hydrogens (tertiary/aromatic N) is 1. The van der Waals surface area contributed by atoms with Crippen LogP contribution in [-0.2, 0) is 22.6 Å². The van der Waals surface area contributed by atoms with Gasteiger partial charge in [-0.25, -0.2) is 4.79 Å². The molecule has 5 rings (SSSR count). The Morgan fingerprint density at radius 3 is 2.54 bits per heavy atom. The first-order valence-electron chi connectivity index (χ1n) is 13.2. The second-order valence-electron chi connectivity index (χ2n) is 12.4. The standard InChI is InChI=1S/C28H37NO8/c1-14-5-7-19-26(2,3)20(31)9-10-27(19,4)28(14)12-16-18(30)11-15-13-29(24(34)22(15)23(16)37-28)17(25(35)36)6-8-21(32)33/h11,14,17,19-20,30-31H,5-10,12-13H2,1-4H3,(H,32,33)(H,35,36). The number of carboxylic acid groups (broad SMARTS) is 2. The van der Waals surface area contributed by atoms with Crippen molar-refractivity contribution in [2.75, 3.05) is 0 Å². The fourth-order valence-corrected chi connectivity index (χ4v) is 8.22. The largest absolute Gasteiger partial charge is 0.508 e. The summed E-state index contributed by atoms with van der Waals surface area (Å²) in [5.74, 6) is -2.21. The summed E-state index contributed by atoms with van der Waals surface area (Å²) in [5.41, 5.74) is 0.0462. The van der Waals surface area contributed by atoms with Crippen LogP contribution in [0.3, 0.4) is 0 Å². The van der Waals surface area contributed by atoms with Crippen molar-refractivity contribution >= 4 is 17.8 Å². The molecule has 37 heavy (non-hydrogen) atoms. The van der Waals surface area contributed by atoms with Gasteiger partial charge in [-0.3, -0.25) is 9.59 Å². The van der Waals surface area contributed by atoms with E-state index in [0.29, 0.717) is 29.7 Å². The third-order valence-electron chi connectivity index (χ3n) is 10.4. The highest BCUT2D eigenvalue weighted by molar-refractivity contribution is 6.03. The van der Waals surface area contributed by atoms with Crippen molar-refractivity contribution in [3.05, 3.63) is 22.8 Å². The molecule has 4 N–H and O–H groups in total. The zero-order valence-corrected chi connectivity index (χ0v) is 21.9. The smallest absolute Gasteiger partial charge is 0.326 e. The lowest BCUT2D eigenvalue weighted by Gasteiger charge is -2.64. The van der Waals surface area contributed by atoms with E-state index in [0.717, 1.165) is 19.3 Å². The number of aromatic hydroxyl groups is 1. The van der Waals surface area contributed by atoms with Gasteiger partial charge in [-0.05, 0) is 61.0 Å². The molecule has 0 aromatic heterocycles. The van der Waals surface area contributed by atoms with Gasteiger partial charge in [0.25, 0.3) is 5.91 Å². The number of hydrogen-bond acceptors (Lipinski definition) is 6. The number of aliphatic hydroxyl groups excluding tert-OH is 1. The second kappa shape index (κ2) is 8.35. The number of carbonyl (C=O) groups excluding carboxylic acids is 1. The Hall–Kier alpha value is -2.81. The highest BCUT2D eigenvalue weighted by atomic mass is 16.5. The molecular weight excluding hydrogens is 478 g/mol. The molecule has 6 unspecified atom stereocenters. The highest BCUT2D eigenvalue weighted by Crippen LogP contribution is 2.67. The van der Waals surface area contributed by atoms with Crippen molar-refractivity contribution in [1.82, 2.24) is 4.90 Å². The molecule has 0 radical (unpaired) electrons. The molecule has 202 valence electrons. The van der Waals surface area contributed by atoms with Crippen molar-refractivity contribution in [1.29, 1.82) is 0 Å². The van der Waals surface area contributed by atoms with E-state index in [2.05, 4.69) is 27.7 Å². The van der Waals surface area contributed by atoms with Crippen LogP contribution in [0.1, 0.15) is 87.7 Å². The van der Waals surface area contributed by atoms with Crippen LogP contribution in [0.15, 0.2) is 6.07 Å². The molecule has 2 heterocycles. The first-order valence-corrected chi connectivity index (χ1v) is 13.2. The average Bonchev–Trinajstić information content (AvgIpc) is 3.35. The molecule has 2 aliphatic heterocycles. The van der Waals surface area contributed by atoms with Crippen molar-refractivity contribution in [3.8, 4) is 11.5 Å². The lowest BCUT2D eigenvalue weighted by atomic mass is 9.43. The number of benzene rings is 1. The first-order chi connectivity index (χ1) is 17.2. The summed E-state index contributed by atoms with van der Waals surface area (Å²) in [6.45, 7) is 8.58. The van der Waals surface area contributed by atoms with Crippen LogP contribution >= 0.6 is 0 Å². The van der Waals surface area contributed by atoms with Crippen LogP contribution in [0.25, 0.3) is 0 Å². The van der Waals surface area contributed by atoms with Gasteiger partial charge < -0.3 is 30.1 Å². The van der Waals surface area contributed by atoms with Gasteiger partial charge in [0.05, 0.1) is 11.7 Å². The SMILES string of the molecule is CC1CCC2C(C)(C)C(O)CCC2(C)C12Cc1c(O)cc3c(c1O2)C(=O)N(C(CCC(=O)O)C(=O)O)C3. The molecule has 2 aliphatic carbocycles. The molecule has 2 fully saturated rings. The summed E-state index contributed by atoms with van der Waals surface area (Å²) >= 11 is 0. The summed E-state index contributed by atoms with van der Waals surface area (Å²) < 4.78 is 6.90. The minimum atomic E-state index is -1.29. The fourth-order valence-electron chi connectivity index (χ4n) is 8.22. The van der Waals surface area contributed by atoms with E-state index in [4.69, 9.17) is 9.84 Å². The van der Waals surface area contributed by atoms with Gasteiger partial charge in [0.2, 0.25) is 0 Å². The van der Waals surface area contributed by atoms with E-state index < -0.39 is 35.6 Å². The van der Waals surface area contributed by atoms with E-state index in [9.17, 15) is 29.7 Å². The maximum atomic E-state index is 13.6. The molecule has 0 bridgehead atoms. The van der Waals surface area contributed by atoms with E-state index in [1.54, 1.807) is 0 Å². The number of aliphatic carboxylic acids is 2. The maximum Gasteiger partial charge on any atom is 0.326 e. The van der Waals surface area contributed by atoms with Gasteiger partial charge in [0.1, 0.15) is 23.1 Å². The van der Waals surface area contributed by atoms with E-state index >= 15 is 0 Å². The highest BCUT2D eigenvalue weighted by Gasteiger charge is 2.67. The Balaban J connectivity index is 1.55. The minimum Gasteiger partial charge on any atom is -0.508 e. The minimum absolute atomic E-state index is 0.0311. The summed E-state index contributed by atoms with van der Waals surface area (Å²) in [7, 11) is 0. The molecule has 9 nitrogen and oxygen atoms in total. The second-order valence-corrected chi connectivity index (χ2v) is 12.4. The summed E-state index contributed by atoms with van der Waals surface area (Å²) in [6.07, 6.45) is 2.71. The van der Waals surface area contributed by atoms with Gasteiger partial charge in [0.15, 0.2) is 0 Å². The normalized spacial score (nSPS) is 34.5. The number of carbonyl (C=O) groups is 3. The zero-order valence-electron chi connectivity index (χ0n) is 21.9. The quantitative estimate of drug-likeness (QED) is 0.466. The number of rotatable bonds is 5. The molecule has 0 saturated heterocycles. The number of hydrogen-bond donors (Lipinski definition) is 4. The van der Waals surface area contributed by atoms with Crippen LogP contribution in [0.5, 0.6) is 11.5 Å². The maximum absolute atomic E-state index is 13.6. The van der Waals surface area contributed by atoms with Crippen LogP contribution in [0, 0.1) is 22.7 Å². The van der Waals surface area contributed by atoms with E-state index in [1.165, 1.54) is 11.0 Å². The van der Waals surface area contributed by atoms with Crippen LogP contribution < -0.4 is 4.74 Å². The Bertz CT molecular complexity index is 1180. The summed E-state index contributed by atoms with van der Waals surface area (Å²) in [5, 5.41) is 40.8. The monoisotopic (exact) mass is 515 g/mol. The molecule has 6 atom stereocenters. The summed E-state index contributed by atoms with van der Waals surface area (Å²) in [6, 6.07) is 0.243. The fraction of sp³-hybridized carbons (Fsp3) is 0.679. The van der Waals surface area contributed by atoms with Gasteiger partial charge >= 0.3 is 11.9 Å². The number of carboxylic acids is 2. The van der Waals surface area contributed by atoms with Gasteiger partial charge in [-0.1, -0.05) is 27.7 Å². The Morgan fingerprint density at radius 2 is 1.89 bits per heavy atom. The third kappa shape index (κ3) is 3.49. The lowest BCUT2D eigenvalue weighted by molar-refractivity contribution is -0.210. The van der Waals surface area contributed by atoms with Crippen LogP contribution in [0.2, 0.25) is 0 Å². The average molecular weight is 516 g/mol. The van der Waals surface area contributed by atoms with Crippen molar-refractivity contribution < 1.29 is 39.5 Å². The van der Waals surface area contributed by atoms with Gasteiger partial charge in [0, 0.05) is 30.4 Å². The molecule has 1 amide bonds. The number of amides is 1. The molecule has 1 spiro atoms. The Labute approximate surface area is 216 Å². The van der Waals surface area contributed by atoms with Crippen molar-refractivity contribution in [3.63, 3.8) is 0 Å². The third-order valence-corrected chi connectivity index (χ3v) is 10.4. The molecule has 1 aromatic carbocycles. The van der Waals surface area contributed by atoms with E-state index in [1.807, 2.05) is 0 Å². The van der Waals surface area contributed by atoms with Crippen molar-refractivity contribution in [2.45, 2.75) is 96.9 Å². The predicted molar refractivity (Wildman–Crippen MR) is 132 cm³/mol. The van der Waals surface area contributed by atoms with Crippen molar-refractivity contribution in [2.24, 2.45) is 22.7 Å². The predicted octanol–water partition coefficient (Wildman–Crippen LogP) is 3.57. The number of fused-ring (bicyclic) bond motifs is 5. The molecule has 9 heteroatoms. The molecular formula is C28H37NO8. The Kier molecular flexibility index (Phi) is 5.83. The molecule has 2 saturated carbocycles. The first kappa shape index (κ1) is 25.8. The molecule has 1 aromatic rings. The van der Waals surface area contributed by atoms with Crippen LogP contribution in [0.4, 0.5) is 0 Å². The Morgan fingerprint density at radius 1 is 1.19 bits per heavy atom.